The third-order valence-corrected chi connectivity index (χ3v) is 3.39. The molecule has 0 bridgehead atoms. The summed E-state index contributed by atoms with van der Waals surface area (Å²) >= 11 is 0. The zero-order valence-corrected chi connectivity index (χ0v) is 11.6. The van der Waals surface area contributed by atoms with Crippen molar-refractivity contribution in [2.45, 2.75) is 6.42 Å². The van der Waals surface area contributed by atoms with Gasteiger partial charge in [0, 0.05) is 18.8 Å². The van der Waals surface area contributed by atoms with Crippen molar-refractivity contribution in [1.82, 2.24) is 9.78 Å². The predicted octanol–water partition coefficient (Wildman–Crippen LogP) is 3.03. The van der Waals surface area contributed by atoms with Crippen LogP contribution in [-0.4, -0.2) is 21.3 Å². The maximum absolute atomic E-state index is 12.2. The molecule has 0 saturated carbocycles. The summed E-state index contributed by atoms with van der Waals surface area (Å²) in [6, 6.07) is 14.9. The van der Waals surface area contributed by atoms with Crippen molar-refractivity contribution >= 4 is 22.3 Å². The number of rotatable bonds is 4. The van der Waals surface area contributed by atoms with Gasteiger partial charge in [-0.1, -0.05) is 36.4 Å². The summed E-state index contributed by atoms with van der Waals surface area (Å²) in [6.45, 7) is 0. The van der Waals surface area contributed by atoms with Gasteiger partial charge < -0.3 is 0 Å². The van der Waals surface area contributed by atoms with Gasteiger partial charge in [0.2, 0.25) is 0 Å². The van der Waals surface area contributed by atoms with Gasteiger partial charge in [-0.3, -0.25) is 14.3 Å². The largest absolute Gasteiger partial charge is 0.294 e. The highest BCUT2D eigenvalue weighted by molar-refractivity contribution is 6.13. The van der Waals surface area contributed by atoms with E-state index in [-0.39, 0.29) is 18.0 Å². The summed E-state index contributed by atoms with van der Waals surface area (Å²) < 4.78 is 1.55. The summed E-state index contributed by atoms with van der Waals surface area (Å²) in [7, 11) is 1.74. The Morgan fingerprint density at radius 3 is 2.48 bits per heavy atom. The molecule has 0 aliphatic rings. The summed E-state index contributed by atoms with van der Waals surface area (Å²) in [5, 5.41) is 6.09. The fraction of sp³-hybridized carbons (Fsp3) is 0.118. The summed E-state index contributed by atoms with van der Waals surface area (Å²) in [5.74, 6) is -0.440. The number of aromatic nitrogens is 2. The van der Waals surface area contributed by atoms with Crippen LogP contribution < -0.4 is 0 Å². The molecule has 0 aliphatic carbocycles. The van der Waals surface area contributed by atoms with E-state index in [4.69, 9.17) is 0 Å². The number of hydrogen-bond acceptors (Lipinski definition) is 3. The average molecular weight is 278 g/mol. The standard InChI is InChI=1S/C17H14N2O2/c1-19-9-8-15(18-19)17(21)11-16(20)14-7-6-12-4-2-3-5-13(12)10-14/h2-10H,11H2,1H3. The minimum atomic E-state index is -0.256. The van der Waals surface area contributed by atoms with E-state index in [0.717, 1.165) is 10.8 Å². The summed E-state index contributed by atoms with van der Waals surface area (Å²) in [6.07, 6.45) is 1.53. The first-order valence-corrected chi connectivity index (χ1v) is 6.68. The highest BCUT2D eigenvalue weighted by atomic mass is 16.1. The van der Waals surface area contributed by atoms with Gasteiger partial charge in [-0.25, -0.2) is 0 Å². The van der Waals surface area contributed by atoms with Crippen molar-refractivity contribution in [3.05, 3.63) is 66.0 Å². The molecule has 2 aromatic carbocycles. The molecule has 0 radical (unpaired) electrons. The van der Waals surface area contributed by atoms with Crippen molar-refractivity contribution in [2.75, 3.05) is 0 Å². The molecule has 0 aliphatic heterocycles. The van der Waals surface area contributed by atoms with E-state index in [2.05, 4.69) is 5.10 Å². The van der Waals surface area contributed by atoms with Gasteiger partial charge in [0.15, 0.2) is 11.6 Å². The number of nitrogens with zero attached hydrogens (tertiary/aromatic N) is 2. The van der Waals surface area contributed by atoms with Crippen LogP contribution in [0.4, 0.5) is 0 Å². The van der Waals surface area contributed by atoms with Gasteiger partial charge in [0.05, 0.1) is 6.42 Å². The highest BCUT2D eigenvalue weighted by Gasteiger charge is 2.15. The fourth-order valence-electron chi connectivity index (χ4n) is 2.26. The molecular weight excluding hydrogens is 264 g/mol. The summed E-state index contributed by atoms with van der Waals surface area (Å²) in [4.78, 5) is 24.2. The van der Waals surface area contributed by atoms with Crippen molar-refractivity contribution < 1.29 is 9.59 Å². The monoisotopic (exact) mass is 278 g/mol. The lowest BCUT2D eigenvalue weighted by Crippen LogP contribution is -2.09. The lowest BCUT2D eigenvalue weighted by molar-refractivity contribution is 0.0891. The Bertz CT molecular complexity index is 833. The van der Waals surface area contributed by atoms with Crippen LogP contribution in [0.5, 0.6) is 0 Å². The van der Waals surface area contributed by atoms with Crippen LogP contribution in [0.2, 0.25) is 0 Å². The molecule has 0 saturated heterocycles. The van der Waals surface area contributed by atoms with Crippen LogP contribution in [0.1, 0.15) is 27.3 Å². The van der Waals surface area contributed by atoms with E-state index >= 15 is 0 Å². The minimum absolute atomic E-state index is 0.157. The Hall–Kier alpha value is -2.75. The molecule has 0 N–H and O–H groups in total. The Kier molecular flexibility index (Phi) is 3.36. The number of hydrogen-bond donors (Lipinski definition) is 0. The number of ketones is 2. The van der Waals surface area contributed by atoms with E-state index in [1.807, 2.05) is 36.4 Å². The smallest absolute Gasteiger partial charge is 0.190 e. The molecular formula is C17H14N2O2. The molecule has 0 spiro atoms. The van der Waals surface area contributed by atoms with Crippen molar-refractivity contribution in [2.24, 2.45) is 7.05 Å². The second kappa shape index (κ2) is 5.32. The molecule has 0 atom stereocenters. The lowest BCUT2D eigenvalue weighted by Gasteiger charge is -2.02. The Labute approximate surface area is 122 Å². The predicted molar refractivity (Wildman–Crippen MR) is 80.4 cm³/mol. The van der Waals surface area contributed by atoms with Crippen molar-refractivity contribution in [1.29, 1.82) is 0 Å². The molecule has 0 fully saturated rings. The van der Waals surface area contributed by atoms with E-state index in [9.17, 15) is 9.59 Å². The number of aryl methyl sites for hydroxylation is 1. The Morgan fingerprint density at radius 2 is 1.76 bits per heavy atom. The molecule has 3 rings (SSSR count). The van der Waals surface area contributed by atoms with Gasteiger partial charge >= 0.3 is 0 Å². The molecule has 0 unspecified atom stereocenters. The molecule has 104 valence electrons. The first kappa shape index (κ1) is 13.2. The number of carbonyl (C=O) groups is 2. The van der Waals surface area contributed by atoms with Gasteiger partial charge in [0.1, 0.15) is 5.69 Å². The van der Waals surface area contributed by atoms with Crippen LogP contribution in [-0.2, 0) is 7.05 Å². The van der Waals surface area contributed by atoms with Crippen molar-refractivity contribution in [3.63, 3.8) is 0 Å². The van der Waals surface area contributed by atoms with Gasteiger partial charge in [-0.05, 0) is 22.9 Å². The highest BCUT2D eigenvalue weighted by Crippen LogP contribution is 2.17. The molecule has 1 aromatic heterocycles. The Balaban J connectivity index is 1.82. The fourth-order valence-corrected chi connectivity index (χ4v) is 2.26. The number of benzene rings is 2. The number of fused-ring (bicyclic) bond motifs is 1. The second-order valence-corrected chi connectivity index (χ2v) is 4.96. The first-order chi connectivity index (χ1) is 10.1. The molecule has 4 heteroatoms. The molecule has 3 aromatic rings. The second-order valence-electron chi connectivity index (χ2n) is 4.96. The lowest BCUT2D eigenvalue weighted by atomic mass is 10.0. The third-order valence-electron chi connectivity index (χ3n) is 3.39. The minimum Gasteiger partial charge on any atom is -0.294 e. The van der Waals surface area contributed by atoms with Gasteiger partial charge in [0.25, 0.3) is 0 Å². The molecule has 1 heterocycles. The topological polar surface area (TPSA) is 52.0 Å². The van der Waals surface area contributed by atoms with Crippen LogP contribution in [0, 0.1) is 0 Å². The first-order valence-electron chi connectivity index (χ1n) is 6.68. The van der Waals surface area contributed by atoms with E-state index < -0.39 is 0 Å². The molecule has 4 nitrogen and oxygen atoms in total. The maximum atomic E-state index is 12.2. The van der Waals surface area contributed by atoms with Crippen LogP contribution in [0.15, 0.2) is 54.7 Å². The normalized spacial score (nSPS) is 10.7. The Morgan fingerprint density at radius 1 is 1.00 bits per heavy atom. The van der Waals surface area contributed by atoms with E-state index in [1.165, 1.54) is 0 Å². The number of carbonyl (C=O) groups excluding carboxylic acids is 2. The van der Waals surface area contributed by atoms with E-state index in [0.29, 0.717) is 11.3 Å². The zero-order valence-electron chi connectivity index (χ0n) is 11.6. The van der Waals surface area contributed by atoms with E-state index in [1.54, 1.807) is 30.1 Å². The van der Waals surface area contributed by atoms with Crippen molar-refractivity contribution in [3.8, 4) is 0 Å². The molecule has 21 heavy (non-hydrogen) atoms. The van der Waals surface area contributed by atoms with Crippen LogP contribution in [0.25, 0.3) is 10.8 Å². The molecule has 0 amide bonds. The third kappa shape index (κ3) is 2.74. The zero-order chi connectivity index (χ0) is 14.8. The SMILES string of the molecule is Cn1ccc(C(=O)CC(=O)c2ccc3ccccc3c2)n1. The average Bonchev–Trinajstić information content (AvgIpc) is 2.93. The quantitative estimate of drug-likeness (QED) is 0.544. The summed E-state index contributed by atoms with van der Waals surface area (Å²) in [5.41, 5.74) is 0.879. The number of Topliss-reactive ketones (excluding diaryl/α,β-unsaturated/α-hetero) is 2. The van der Waals surface area contributed by atoms with Crippen LogP contribution >= 0.6 is 0 Å². The van der Waals surface area contributed by atoms with Crippen LogP contribution in [0.3, 0.4) is 0 Å². The maximum Gasteiger partial charge on any atom is 0.190 e. The van der Waals surface area contributed by atoms with Gasteiger partial charge in [-0.2, -0.15) is 5.10 Å². The van der Waals surface area contributed by atoms with Gasteiger partial charge in [-0.15, -0.1) is 0 Å².